The molecule has 11 heteroatoms. The monoisotopic (exact) mass is 507 g/mol. The maximum atomic E-state index is 12.6. The van der Waals surface area contributed by atoms with Crippen molar-refractivity contribution in [3.8, 4) is 5.88 Å². The van der Waals surface area contributed by atoms with Crippen molar-refractivity contribution < 1.29 is 14.7 Å². The molecule has 0 radical (unpaired) electrons. The molecule has 1 aromatic heterocycles. The molecule has 0 aliphatic carbocycles. The molecule has 186 valence electrons. The van der Waals surface area contributed by atoms with E-state index in [1.165, 1.54) is 0 Å². The molecule has 1 aliphatic rings. The number of amidine groups is 1. The fourth-order valence-electron chi connectivity index (χ4n) is 3.71. The average Bonchev–Trinajstić information content (AvgIpc) is 3.14. The third-order valence-electron chi connectivity index (χ3n) is 5.81. The minimum atomic E-state index is -1.02. The highest BCUT2D eigenvalue weighted by Crippen LogP contribution is 2.32. The van der Waals surface area contributed by atoms with Gasteiger partial charge in [-0.1, -0.05) is 47.7 Å². The Morgan fingerprint density at radius 2 is 1.78 bits per heavy atom. The van der Waals surface area contributed by atoms with E-state index in [9.17, 15) is 24.3 Å². The van der Waals surface area contributed by atoms with Gasteiger partial charge in [-0.05, 0) is 49.6 Å². The molecule has 2 atom stereocenters. The number of aryl methyl sites for hydroxylation is 3. The van der Waals surface area contributed by atoms with Crippen molar-refractivity contribution in [2.75, 3.05) is 5.32 Å². The Labute approximate surface area is 210 Å². The summed E-state index contributed by atoms with van der Waals surface area (Å²) in [5.41, 5.74) is 2.51. The van der Waals surface area contributed by atoms with Crippen LogP contribution in [0.3, 0.4) is 0 Å². The van der Waals surface area contributed by atoms with Crippen molar-refractivity contribution in [2.45, 2.75) is 38.5 Å². The number of benzene rings is 2. The van der Waals surface area contributed by atoms with Crippen LogP contribution in [0.25, 0.3) is 0 Å². The summed E-state index contributed by atoms with van der Waals surface area (Å²) in [4.78, 5) is 58.1. The maximum Gasteiger partial charge on any atom is 0.328 e. The van der Waals surface area contributed by atoms with Crippen LogP contribution >= 0.6 is 11.8 Å². The molecule has 0 spiro atoms. The minimum Gasteiger partial charge on any atom is -0.494 e. The number of hydrogen-bond acceptors (Lipinski definition) is 7. The molecule has 3 aromatic rings. The quantitative estimate of drug-likeness (QED) is 0.345. The Kier molecular flexibility index (Phi) is 7.11. The van der Waals surface area contributed by atoms with Crippen molar-refractivity contribution in [1.82, 2.24) is 15.3 Å². The predicted molar refractivity (Wildman–Crippen MR) is 138 cm³/mol. The van der Waals surface area contributed by atoms with Crippen molar-refractivity contribution >= 4 is 34.4 Å². The van der Waals surface area contributed by atoms with Crippen LogP contribution in [0.1, 0.15) is 40.3 Å². The van der Waals surface area contributed by atoms with Crippen molar-refractivity contribution in [1.29, 1.82) is 0 Å². The van der Waals surface area contributed by atoms with Gasteiger partial charge in [0.15, 0.2) is 5.17 Å². The molecule has 2 aromatic carbocycles. The number of carbonyl (C=O) groups excluding carboxylic acids is 2. The van der Waals surface area contributed by atoms with Crippen molar-refractivity contribution in [3.63, 3.8) is 0 Å². The van der Waals surface area contributed by atoms with Crippen LogP contribution < -0.4 is 21.9 Å². The number of carbonyl (C=O) groups is 2. The van der Waals surface area contributed by atoms with E-state index in [0.29, 0.717) is 11.3 Å². The molecular weight excluding hydrogens is 482 g/mol. The van der Waals surface area contributed by atoms with Crippen LogP contribution in [0, 0.1) is 20.8 Å². The molecule has 10 nitrogen and oxygen atoms in total. The fraction of sp³-hybridized carbons (Fsp3) is 0.240. The molecule has 4 rings (SSSR count). The van der Waals surface area contributed by atoms with Crippen molar-refractivity contribution in [3.05, 3.63) is 91.1 Å². The molecule has 36 heavy (non-hydrogen) atoms. The lowest BCUT2D eigenvalue weighted by molar-refractivity contribution is -0.122. The number of nitrogens with zero attached hydrogens (tertiary/aromatic N) is 1. The zero-order chi connectivity index (χ0) is 26.0. The highest BCUT2D eigenvalue weighted by Gasteiger charge is 2.33. The SMILES string of the molecule is Cc1ccc([C@H](N=C2NC(=O)[C@H](CC(=O)Nc3ccc(C)c(C)c3)S2)c2c(O)[nH]c(=O)[nH]c2=O)cc1. The number of aromatic nitrogens is 2. The summed E-state index contributed by atoms with van der Waals surface area (Å²) in [6, 6.07) is 11.7. The minimum absolute atomic E-state index is 0.0812. The van der Waals surface area contributed by atoms with E-state index in [0.717, 1.165) is 28.5 Å². The zero-order valence-corrected chi connectivity index (χ0v) is 20.7. The van der Waals surface area contributed by atoms with E-state index in [2.05, 4.69) is 25.6 Å². The Bertz CT molecular complexity index is 1480. The van der Waals surface area contributed by atoms with Crippen LogP contribution in [-0.2, 0) is 9.59 Å². The lowest BCUT2D eigenvalue weighted by Crippen LogP contribution is -2.29. The summed E-state index contributed by atoms with van der Waals surface area (Å²) < 4.78 is 0. The van der Waals surface area contributed by atoms with Crippen molar-refractivity contribution in [2.24, 2.45) is 4.99 Å². The molecule has 0 saturated carbocycles. The number of aromatic hydroxyl groups is 1. The number of thioether (sulfide) groups is 1. The van der Waals surface area contributed by atoms with E-state index in [1.54, 1.807) is 18.2 Å². The van der Waals surface area contributed by atoms with E-state index >= 15 is 0 Å². The Morgan fingerprint density at radius 3 is 2.44 bits per heavy atom. The van der Waals surface area contributed by atoms with Gasteiger partial charge in [-0.2, -0.15) is 0 Å². The van der Waals surface area contributed by atoms with Crippen LogP contribution in [0.2, 0.25) is 0 Å². The predicted octanol–water partition coefficient (Wildman–Crippen LogP) is 2.40. The lowest BCUT2D eigenvalue weighted by Gasteiger charge is -2.15. The Hall–Kier alpha value is -4.12. The van der Waals surface area contributed by atoms with Gasteiger partial charge in [0.25, 0.3) is 5.56 Å². The van der Waals surface area contributed by atoms with E-state index < -0.39 is 34.3 Å². The number of aromatic amines is 2. The van der Waals surface area contributed by atoms with Gasteiger partial charge in [0, 0.05) is 12.1 Å². The number of rotatable bonds is 6. The first-order valence-electron chi connectivity index (χ1n) is 11.1. The standard InChI is InChI=1S/C25H25N5O5S/c1-12-4-7-15(8-5-12)20(19-22(33)28-24(35)29-23(19)34)27-25-30-21(32)17(36-25)11-18(31)26-16-9-6-13(2)14(3)10-16/h4-10,17,20H,11H2,1-3H3,(H,26,31)(H,27,30,32)(H3,28,29,33,34,35)/t17-,20-/m0/s1. The highest BCUT2D eigenvalue weighted by molar-refractivity contribution is 8.15. The van der Waals surface area contributed by atoms with E-state index in [-0.39, 0.29) is 23.1 Å². The third-order valence-corrected chi connectivity index (χ3v) is 6.91. The molecule has 1 aliphatic heterocycles. The van der Waals surface area contributed by atoms with E-state index in [4.69, 9.17) is 0 Å². The Balaban J connectivity index is 1.58. The number of hydrogen-bond donors (Lipinski definition) is 5. The topological polar surface area (TPSA) is 157 Å². The average molecular weight is 508 g/mol. The summed E-state index contributed by atoms with van der Waals surface area (Å²) in [6.45, 7) is 5.82. The third kappa shape index (κ3) is 5.57. The highest BCUT2D eigenvalue weighted by atomic mass is 32.2. The van der Waals surface area contributed by atoms with Crippen LogP contribution in [0.5, 0.6) is 5.88 Å². The molecular formula is C25H25N5O5S. The molecule has 2 heterocycles. The smallest absolute Gasteiger partial charge is 0.328 e. The second-order valence-electron chi connectivity index (χ2n) is 8.57. The second kappa shape index (κ2) is 10.2. The van der Waals surface area contributed by atoms with Gasteiger partial charge in [0.2, 0.25) is 17.7 Å². The molecule has 0 unspecified atom stereocenters. The molecule has 1 fully saturated rings. The van der Waals surface area contributed by atoms with Gasteiger partial charge in [-0.15, -0.1) is 0 Å². The summed E-state index contributed by atoms with van der Waals surface area (Å²) in [6.07, 6.45) is -0.0812. The normalized spacial score (nSPS) is 17.1. The first kappa shape index (κ1) is 25.0. The fourth-order valence-corrected chi connectivity index (χ4v) is 4.71. The number of nitrogens with one attached hydrogen (secondary N) is 4. The molecule has 1 saturated heterocycles. The van der Waals surface area contributed by atoms with Gasteiger partial charge in [0.1, 0.15) is 16.9 Å². The second-order valence-corrected chi connectivity index (χ2v) is 9.76. The molecule has 0 bridgehead atoms. The zero-order valence-electron chi connectivity index (χ0n) is 19.8. The number of aliphatic imine (C=N–C) groups is 1. The summed E-state index contributed by atoms with van der Waals surface area (Å²) in [5.74, 6) is -1.33. The summed E-state index contributed by atoms with van der Waals surface area (Å²) in [7, 11) is 0. The van der Waals surface area contributed by atoms with Gasteiger partial charge in [0.05, 0.1) is 0 Å². The van der Waals surface area contributed by atoms with E-state index in [1.807, 2.05) is 45.0 Å². The van der Waals surface area contributed by atoms with Crippen LogP contribution in [0.15, 0.2) is 57.0 Å². The number of amides is 2. The van der Waals surface area contributed by atoms with Gasteiger partial charge >= 0.3 is 5.69 Å². The summed E-state index contributed by atoms with van der Waals surface area (Å²) >= 11 is 1.06. The molecule has 5 N–H and O–H groups in total. The lowest BCUT2D eigenvalue weighted by atomic mass is 10.00. The van der Waals surface area contributed by atoms with Crippen LogP contribution in [-0.4, -0.2) is 37.3 Å². The maximum absolute atomic E-state index is 12.6. The largest absolute Gasteiger partial charge is 0.494 e. The van der Waals surface area contributed by atoms with Gasteiger partial charge < -0.3 is 15.7 Å². The number of anilines is 1. The molecule has 2 amide bonds. The Morgan fingerprint density at radius 1 is 1.06 bits per heavy atom. The number of H-pyrrole nitrogens is 2. The summed E-state index contributed by atoms with van der Waals surface area (Å²) in [5, 5.41) is 15.3. The van der Waals surface area contributed by atoms with Gasteiger partial charge in [-0.25, -0.2) is 9.79 Å². The van der Waals surface area contributed by atoms with Gasteiger partial charge in [-0.3, -0.25) is 24.4 Å². The van der Waals surface area contributed by atoms with Crippen LogP contribution in [0.4, 0.5) is 5.69 Å². The first-order valence-corrected chi connectivity index (χ1v) is 12.0. The first-order chi connectivity index (χ1) is 17.1.